The fourth-order valence-electron chi connectivity index (χ4n) is 1.08. The molecule has 100 valence electrons. The van der Waals surface area contributed by atoms with Gasteiger partial charge in [0.1, 0.15) is 6.10 Å². The van der Waals surface area contributed by atoms with Crippen LogP contribution < -0.4 is 0 Å². The van der Waals surface area contributed by atoms with Crippen LogP contribution in [0.5, 0.6) is 0 Å². The van der Waals surface area contributed by atoms with Gasteiger partial charge in [0.25, 0.3) is 0 Å². The van der Waals surface area contributed by atoms with Crippen molar-refractivity contribution in [1.82, 2.24) is 0 Å². The van der Waals surface area contributed by atoms with E-state index in [0.29, 0.717) is 13.0 Å². The zero-order valence-electron chi connectivity index (χ0n) is 12.0. The average molecular weight is 258 g/mol. The maximum atomic E-state index is 10.8. The molecule has 0 bridgehead atoms. The van der Waals surface area contributed by atoms with Gasteiger partial charge in [-0.15, -0.1) is 0 Å². The van der Waals surface area contributed by atoms with Crippen molar-refractivity contribution in [3.05, 3.63) is 12.7 Å². The third-order valence-corrected chi connectivity index (χ3v) is 7.79. The molecule has 0 fully saturated rings. The molecule has 0 aromatic carbocycles. The lowest BCUT2D eigenvalue weighted by Gasteiger charge is -2.36. The van der Waals surface area contributed by atoms with Crippen LogP contribution in [0.3, 0.4) is 0 Å². The summed E-state index contributed by atoms with van der Waals surface area (Å²) < 4.78 is 11.1. The highest BCUT2D eigenvalue weighted by molar-refractivity contribution is 6.74. The molecular weight excluding hydrogens is 232 g/mol. The lowest BCUT2D eigenvalue weighted by atomic mass is 10.2. The first-order valence-corrected chi connectivity index (χ1v) is 8.94. The molecule has 0 saturated carbocycles. The first-order valence-electron chi connectivity index (χ1n) is 6.04. The summed E-state index contributed by atoms with van der Waals surface area (Å²) in [5.41, 5.74) is 0. The van der Waals surface area contributed by atoms with Gasteiger partial charge in [-0.1, -0.05) is 33.4 Å². The maximum Gasteiger partial charge on any atom is 0.303 e. The Morgan fingerprint density at radius 1 is 1.41 bits per heavy atom. The number of rotatable bonds is 6. The topological polar surface area (TPSA) is 35.5 Å². The minimum atomic E-state index is -1.70. The second kappa shape index (κ2) is 6.35. The highest BCUT2D eigenvalue weighted by Crippen LogP contribution is 2.36. The molecule has 0 aromatic rings. The second-order valence-corrected chi connectivity index (χ2v) is 10.6. The monoisotopic (exact) mass is 258 g/mol. The first kappa shape index (κ1) is 16.4. The van der Waals surface area contributed by atoms with Gasteiger partial charge in [-0.05, 0) is 18.1 Å². The zero-order chi connectivity index (χ0) is 13.7. The van der Waals surface area contributed by atoms with E-state index in [1.54, 1.807) is 6.08 Å². The summed E-state index contributed by atoms with van der Waals surface area (Å²) in [4.78, 5) is 10.8. The molecule has 0 heterocycles. The zero-order valence-corrected chi connectivity index (χ0v) is 13.0. The molecule has 0 aliphatic rings. The molecule has 0 aromatic heterocycles. The smallest absolute Gasteiger partial charge is 0.303 e. The largest absolute Gasteiger partial charge is 0.458 e. The van der Waals surface area contributed by atoms with Crippen LogP contribution in [0.1, 0.15) is 34.1 Å². The number of carbonyl (C=O) groups excluding carboxylic acids is 1. The highest BCUT2D eigenvalue weighted by atomic mass is 28.4. The van der Waals surface area contributed by atoms with Gasteiger partial charge in [-0.2, -0.15) is 0 Å². The third-order valence-electron chi connectivity index (χ3n) is 3.25. The SMILES string of the molecule is C=C[C@H](CCO[Si](C)(C)C(C)(C)C)OC(C)=O. The normalized spacial score (nSPS) is 14.2. The Morgan fingerprint density at radius 3 is 2.29 bits per heavy atom. The molecule has 0 N–H and O–H groups in total. The molecule has 0 saturated heterocycles. The van der Waals surface area contributed by atoms with Gasteiger partial charge in [-0.3, -0.25) is 4.79 Å². The second-order valence-electron chi connectivity index (χ2n) is 5.78. The van der Waals surface area contributed by atoms with E-state index in [4.69, 9.17) is 9.16 Å². The van der Waals surface area contributed by atoms with Crippen molar-refractivity contribution in [3.8, 4) is 0 Å². The van der Waals surface area contributed by atoms with Crippen LogP contribution in [-0.2, 0) is 14.0 Å². The van der Waals surface area contributed by atoms with Crippen LogP contribution in [0, 0.1) is 0 Å². The van der Waals surface area contributed by atoms with Crippen molar-refractivity contribution < 1.29 is 14.0 Å². The Bertz CT molecular complexity index is 266. The van der Waals surface area contributed by atoms with Crippen LogP contribution >= 0.6 is 0 Å². The summed E-state index contributed by atoms with van der Waals surface area (Å²) in [6.45, 7) is 16.7. The maximum absolute atomic E-state index is 10.8. The van der Waals surface area contributed by atoms with E-state index in [0.717, 1.165) is 0 Å². The molecule has 1 atom stereocenters. The van der Waals surface area contributed by atoms with E-state index in [1.807, 2.05) is 0 Å². The van der Waals surface area contributed by atoms with Gasteiger partial charge in [0.05, 0.1) is 0 Å². The molecule has 0 aliphatic carbocycles. The standard InChI is InChI=1S/C13H26O3Si/c1-8-12(16-11(2)14)9-10-15-17(6,7)13(3,4)5/h8,12H,1,9-10H2,2-7H3/t12-/m1/s1. The third kappa shape index (κ3) is 6.03. The van der Waals surface area contributed by atoms with Crippen molar-refractivity contribution in [2.45, 2.75) is 58.4 Å². The molecule has 0 aliphatic heterocycles. The van der Waals surface area contributed by atoms with E-state index in [9.17, 15) is 4.79 Å². The predicted octanol–water partition coefficient (Wildman–Crippen LogP) is 3.52. The van der Waals surface area contributed by atoms with Crippen molar-refractivity contribution in [3.63, 3.8) is 0 Å². The quantitative estimate of drug-likeness (QED) is 0.415. The van der Waals surface area contributed by atoms with Crippen molar-refractivity contribution in [1.29, 1.82) is 0 Å². The molecule has 0 amide bonds. The first-order chi connectivity index (χ1) is 7.60. The van der Waals surface area contributed by atoms with Crippen molar-refractivity contribution >= 4 is 14.3 Å². The van der Waals surface area contributed by atoms with Gasteiger partial charge in [0.15, 0.2) is 8.32 Å². The Labute approximate surface area is 106 Å². The number of esters is 1. The van der Waals surface area contributed by atoms with Crippen molar-refractivity contribution in [2.75, 3.05) is 6.61 Å². The molecule has 17 heavy (non-hydrogen) atoms. The van der Waals surface area contributed by atoms with Gasteiger partial charge in [-0.25, -0.2) is 0 Å². The van der Waals surface area contributed by atoms with Crippen LogP contribution in [-0.4, -0.2) is 27.0 Å². The molecule has 0 rings (SSSR count). The lowest BCUT2D eigenvalue weighted by molar-refractivity contribution is -0.144. The number of carbonyl (C=O) groups is 1. The van der Waals surface area contributed by atoms with E-state index < -0.39 is 8.32 Å². The Balaban J connectivity index is 4.13. The average Bonchev–Trinajstić information content (AvgIpc) is 2.13. The van der Waals surface area contributed by atoms with E-state index >= 15 is 0 Å². The summed E-state index contributed by atoms with van der Waals surface area (Å²) >= 11 is 0. The highest BCUT2D eigenvalue weighted by Gasteiger charge is 2.36. The van der Waals surface area contributed by atoms with Crippen LogP contribution in [0.4, 0.5) is 0 Å². The minimum absolute atomic E-state index is 0.206. The fourth-order valence-corrected chi connectivity index (χ4v) is 2.15. The molecule has 3 nitrogen and oxygen atoms in total. The Kier molecular flexibility index (Phi) is 6.13. The minimum Gasteiger partial charge on any atom is -0.458 e. The van der Waals surface area contributed by atoms with Crippen LogP contribution in [0.15, 0.2) is 12.7 Å². The molecule has 4 heteroatoms. The van der Waals surface area contributed by atoms with Gasteiger partial charge >= 0.3 is 5.97 Å². The molecule has 0 unspecified atom stereocenters. The summed E-state index contributed by atoms with van der Waals surface area (Å²) in [6, 6.07) is 0. The van der Waals surface area contributed by atoms with E-state index in [2.05, 4.69) is 40.4 Å². The summed E-state index contributed by atoms with van der Waals surface area (Å²) in [7, 11) is -1.70. The Hall–Kier alpha value is -0.613. The van der Waals surface area contributed by atoms with Gasteiger partial charge < -0.3 is 9.16 Å². The lowest BCUT2D eigenvalue weighted by Crippen LogP contribution is -2.41. The predicted molar refractivity (Wildman–Crippen MR) is 73.5 cm³/mol. The van der Waals surface area contributed by atoms with Crippen LogP contribution in [0.2, 0.25) is 18.1 Å². The number of hydrogen-bond donors (Lipinski definition) is 0. The molecule has 0 spiro atoms. The van der Waals surface area contributed by atoms with Crippen LogP contribution in [0.25, 0.3) is 0 Å². The van der Waals surface area contributed by atoms with E-state index in [1.165, 1.54) is 6.92 Å². The van der Waals surface area contributed by atoms with E-state index in [-0.39, 0.29) is 17.1 Å². The Morgan fingerprint density at radius 2 is 1.94 bits per heavy atom. The number of hydrogen-bond acceptors (Lipinski definition) is 3. The molecule has 0 radical (unpaired) electrons. The summed E-state index contributed by atoms with van der Waals surface area (Å²) in [5, 5.41) is 0.206. The van der Waals surface area contributed by atoms with Gasteiger partial charge in [0, 0.05) is 20.0 Å². The number of ether oxygens (including phenoxy) is 1. The summed E-state index contributed by atoms with van der Waals surface area (Å²) in [5.74, 6) is -0.276. The molecular formula is C13H26O3Si. The fraction of sp³-hybridized carbons (Fsp3) is 0.769. The van der Waals surface area contributed by atoms with Gasteiger partial charge in [0.2, 0.25) is 0 Å². The van der Waals surface area contributed by atoms with Crippen molar-refractivity contribution in [2.24, 2.45) is 0 Å². The summed E-state index contributed by atoms with van der Waals surface area (Å²) in [6.07, 6.45) is 2.09.